The fraction of sp³-hybridized carbons (Fsp3) is 0.600. The van der Waals surface area contributed by atoms with Crippen molar-refractivity contribution in [2.45, 2.75) is 44.1 Å². The number of rotatable bonds is 2. The second kappa shape index (κ2) is 4.09. The van der Waals surface area contributed by atoms with Crippen LogP contribution in [-0.4, -0.2) is 0 Å². The van der Waals surface area contributed by atoms with Crippen LogP contribution in [0.5, 0.6) is 0 Å². The minimum atomic E-state index is -0.368. The van der Waals surface area contributed by atoms with E-state index >= 15 is 0 Å². The predicted molar refractivity (Wildman–Crippen MR) is 66.9 cm³/mol. The third-order valence-corrected chi connectivity index (χ3v) is 4.65. The molecular formula is C15H20FN. The highest BCUT2D eigenvalue weighted by Gasteiger charge is 2.56. The summed E-state index contributed by atoms with van der Waals surface area (Å²) in [7, 11) is 0. The Hall–Kier alpha value is -0.890. The standard InChI is InChI=1S/C15H20FN/c16-14-9-5-4-8-12(14)15(17)10-13(15)11-6-2-1-3-7-11/h4-5,8-9,11,13H,1-3,6-7,10,17H2. The summed E-state index contributed by atoms with van der Waals surface area (Å²) in [5, 5.41) is 0. The normalized spacial score (nSPS) is 33.6. The van der Waals surface area contributed by atoms with Gasteiger partial charge in [-0.05, 0) is 24.3 Å². The summed E-state index contributed by atoms with van der Waals surface area (Å²) in [6.45, 7) is 0. The predicted octanol–water partition coefficient (Wildman–Crippen LogP) is 3.58. The molecule has 2 unspecified atom stereocenters. The van der Waals surface area contributed by atoms with Crippen LogP contribution >= 0.6 is 0 Å². The van der Waals surface area contributed by atoms with Gasteiger partial charge in [-0.25, -0.2) is 4.39 Å². The summed E-state index contributed by atoms with van der Waals surface area (Å²) in [5.41, 5.74) is 6.77. The summed E-state index contributed by atoms with van der Waals surface area (Å²) in [5.74, 6) is 1.11. The molecule has 1 aromatic carbocycles. The molecule has 0 heterocycles. The first-order chi connectivity index (χ1) is 8.22. The van der Waals surface area contributed by atoms with Crippen molar-refractivity contribution in [3.8, 4) is 0 Å². The van der Waals surface area contributed by atoms with Crippen LogP contribution in [-0.2, 0) is 5.54 Å². The number of hydrogen-bond acceptors (Lipinski definition) is 1. The number of hydrogen-bond donors (Lipinski definition) is 1. The summed E-state index contributed by atoms with van der Waals surface area (Å²) in [6, 6.07) is 7.02. The zero-order valence-corrected chi connectivity index (χ0v) is 10.2. The van der Waals surface area contributed by atoms with Gasteiger partial charge in [0.2, 0.25) is 0 Å². The Balaban J connectivity index is 1.79. The van der Waals surface area contributed by atoms with Crippen LogP contribution in [0.15, 0.2) is 24.3 Å². The molecular weight excluding hydrogens is 213 g/mol. The van der Waals surface area contributed by atoms with Crippen LogP contribution in [0.4, 0.5) is 4.39 Å². The highest BCUT2D eigenvalue weighted by atomic mass is 19.1. The van der Waals surface area contributed by atoms with Crippen molar-refractivity contribution >= 4 is 0 Å². The lowest BCUT2D eigenvalue weighted by molar-refractivity contribution is 0.300. The van der Waals surface area contributed by atoms with Crippen molar-refractivity contribution in [3.63, 3.8) is 0 Å². The smallest absolute Gasteiger partial charge is 0.128 e. The lowest BCUT2D eigenvalue weighted by atomic mass is 9.83. The maximum absolute atomic E-state index is 13.8. The monoisotopic (exact) mass is 233 g/mol. The van der Waals surface area contributed by atoms with E-state index in [1.165, 1.54) is 38.2 Å². The van der Waals surface area contributed by atoms with Crippen molar-refractivity contribution < 1.29 is 4.39 Å². The minimum Gasteiger partial charge on any atom is -0.321 e. The van der Waals surface area contributed by atoms with E-state index in [-0.39, 0.29) is 11.4 Å². The van der Waals surface area contributed by atoms with Gasteiger partial charge in [-0.3, -0.25) is 0 Å². The molecule has 2 atom stereocenters. The lowest BCUT2D eigenvalue weighted by Gasteiger charge is -2.24. The lowest BCUT2D eigenvalue weighted by Crippen LogP contribution is -2.27. The third kappa shape index (κ3) is 1.89. The first-order valence-electron chi connectivity index (χ1n) is 6.76. The first kappa shape index (κ1) is 11.2. The van der Waals surface area contributed by atoms with Gasteiger partial charge < -0.3 is 5.73 Å². The molecule has 0 aliphatic heterocycles. The first-order valence-corrected chi connectivity index (χ1v) is 6.76. The van der Waals surface area contributed by atoms with Crippen LogP contribution in [0.2, 0.25) is 0 Å². The third-order valence-electron chi connectivity index (χ3n) is 4.65. The zero-order valence-electron chi connectivity index (χ0n) is 10.2. The zero-order chi connectivity index (χ0) is 11.9. The van der Waals surface area contributed by atoms with E-state index in [2.05, 4.69) is 0 Å². The Bertz CT molecular complexity index is 411. The van der Waals surface area contributed by atoms with Gasteiger partial charge in [0, 0.05) is 11.1 Å². The van der Waals surface area contributed by atoms with E-state index in [1.54, 1.807) is 6.07 Å². The molecule has 0 radical (unpaired) electrons. The number of nitrogens with two attached hydrogens (primary N) is 1. The van der Waals surface area contributed by atoms with E-state index in [9.17, 15) is 4.39 Å². The van der Waals surface area contributed by atoms with Gasteiger partial charge in [-0.2, -0.15) is 0 Å². The average Bonchev–Trinajstić information content (AvgIpc) is 3.04. The topological polar surface area (TPSA) is 26.0 Å². The highest BCUT2D eigenvalue weighted by Crippen LogP contribution is 2.57. The Morgan fingerprint density at radius 3 is 2.53 bits per heavy atom. The van der Waals surface area contributed by atoms with Crippen molar-refractivity contribution in [2.75, 3.05) is 0 Å². The molecule has 2 aliphatic carbocycles. The van der Waals surface area contributed by atoms with Gasteiger partial charge in [0.15, 0.2) is 0 Å². The minimum absolute atomic E-state index is 0.131. The summed E-state index contributed by atoms with van der Waals surface area (Å²) in [6.07, 6.45) is 7.57. The summed E-state index contributed by atoms with van der Waals surface area (Å²) >= 11 is 0. The van der Waals surface area contributed by atoms with E-state index in [4.69, 9.17) is 5.73 Å². The van der Waals surface area contributed by atoms with Crippen LogP contribution in [0.3, 0.4) is 0 Å². The maximum Gasteiger partial charge on any atom is 0.128 e. The molecule has 0 saturated heterocycles. The molecule has 2 saturated carbocycles. The SMILES string of the molecule is NC1(c2ccccc2F)CC1C1CCCCC1. The molecule has 2 fully saturated rings. The molecule has 2 N–H and O–H groups in total. The van der Waals surface area contributed by atoms with Crippen LogP contribution < -0.4 is 5.73 Å². The van der Waals surface area contributed by atoms with E-state index in [0.717, 1.165) is 17.9 Å². The van der Waals surface area contributed by atoms with Gasteiger partial charge in [0.1, 0.15) is 5.82 Å². The van der Waals surface area contributed by atoms with E-state index < -0.39 is 0 Å². The maximum atomic E-state index is 13.8. The Kier molecular flexibility index (Phi) is 2.70. The molecule has 1 nitrogen and oxygen atoms in total. The molecule has 1 aromatic rings. The van der Waals surface area contributed by atoms with Crippen LogP contribution in [0.25, 0.3) is 0 Å². The van der Waals surface area contributed by atoms with Crippen molar-refractivity contribution in [1.82, 2.24) is 0 Å². The van der Waals surface area contributed by atoms with Gasteiger partial charge in [0.05, 0.1) is 0 Å². The van der Waals surface area contributed by atoms with Crippen LogP contribution in [0, 0.1) is 17.7 Å². The molecule has 0 amide bonds. The van der Waals surface area contributed by atoms with Gasteiger partial charge >= 0.3 is 0 Å². The second-order valence-corrected chi connectivity index (χ2v) is 5.73. The summed E-state index contributed by atoms with van der Waals surface area (Å²) in [4.78, 5) is 0. The van der Waals surface area contributed by atoms with E-state index in [1.807, 2.05) is 12.1 Å². The Morgan fingerprint density at radius 1 is 1.12 bits per heavy atom. The number of halogens is 1. The Labute approximate surface area is 102 Å². The largest absolute Gasteiger partial charge is 0.321 e. The molecule has 0 spiro atoms. The van der Waals surface area contributed by atoms with Gasteiger partial charge in [-0.15, -0.1) is 0 Å². The van der Waals surface area contributed by atoms with Crippen molar-refractivity contribution in [2.24, 2.45) is 17.6 Å². The quantitative estimate of drug-likeness (QED) is 0.830. The van der Waals surface area contributed by atoms with Gasteiger partial charge in [0.25, 0.3) is 0 Å². The molecule has 3 rings (SSSR count). The molecule has 92 valence electrons. The average molecular weight is 233 g/mol. The highest BCUT2D eigenvalue weighted by molar-refractivity contribution is 5.33. The van der Waals surface area contributed by atoms with Gasteiger partial charge in [-0.1, -0.05) is 50.3 Å². The van der Waals surface area contributed by atoms with Crippen LogP contribution in [0.1, 0.15) is 44.1 Å². The molecule has 0 aromatic heterocycles. The van der Waals surface area contributed by atoms with Crippen molar-refractivity contribution in [1.29, 1.82) is 0 Å². The fourth-order valence-electron chi connectivity index (χ4n) is 3.58. The van der Waals surface area contributed by atoms with Crippen molar-refractivity contribution in [3.05, 3.63) is 35.6 Å². The second-order valence-electron chi connectivity index (χ2n) is 5.73. The summed E-state index contributed by atoms with van der Waals surface area (Å²) < 4.78 is 13.8. The molecule has 2 aliphatic rings. The molecule has 0 bridgehead atoms. The molecule has 2 heteroatoms. The number of benzene rings is 1. The fourth-order valence-corrected chi connectivity index (χ4v) is 3.58. The molecule has 17 heavy (non-hydrogen) atoms. The van der Waals surface area contributed by atoms with E-state index in [0.29, 0.717) is 5.92 Å². The Morgan fingerprint density at radius 2 is 1.82 bits per heavy atom.